The Morgan fingerprint density at radius 2 is 0.980 bits per heavy atom. The van der Waals surface area contributed by atoms with Gasteiger partial charge in [-0.1, -0.05) is 153 Å². The first kappa shape index (κ1) is 30.0. The molecule has 7 aromatic rings. The van der Waals surface area contributed by atoms with Gasteiger partial charge in [-0.2, -0.15) is 0 Å². The molecule has 1 fully saturated rings. The standard InChI is InChI=1S/C47H35N3/c1-48-39-23-25-41-40-24-22-37(29-42(40)47(43(41)30-39)26-9-4-10-27-47)33-20-18-32(19-21-33)36-16-11-17-38(28-36)45-31-44(34-12-5-2-6-13-34)49-46(50-45)35-14-7-3-8-15-35/h2-3,5-8,11-25,28-31H,4,9-10,26-27H2. The smallest absolute Gasteiger partial charge is 0.187 e. The first-order chi connectivity index (χ1) is 24.7. The lowest BCUT2D eigenvalue weighted by atomic mass is 9.67. The van der Waals surface area contributed by atoms with Crippen LogP contribution in [0.2, 0.25) is 0 Å². The summed E-state index contributed by atoms with van der Waals surface area (Å²) in [5.74, 6) is 0.719. The summed E-state index contributed by atoms with van der Waals surface area (Å²) >= 11 is 0. The molecule has 50 heavy (non-hydrogen) atoms. The van der Waals surface area contributed by atoms with Crippen LogP contribution in [0.5, 0.6) is 0 Å². The van der Waals surface area contributed by atoms with Crippen molar-refractivity contribution in [2.75, 3.05) is 0 Å². The summed E-state index contributed by atoms with van der Waals surface area (Å²) in [5, 5.41) is 0. The molecule has 6 aromatic carbocycles. The van der Waals surface area contributed by atoms with Crippen molar-refractivity contribution in [3.8, 4) is 67.3 Å². The van der Waals surface area contributed by atoms with Crippen molar-refractivity contribution in [1.82, 2.24) is 9.97 Å². The van der Waals surface area contributed by atoms with E-state index in [1.165, 1.54) is 58.2 Å². The highest BCUT2D eigenvalue weighted by Crippen LogP contribution is 2.57. The zero-order valence-electron chi connectivity index (χ0n) is 27.8. The molecular weight excluding hydrogens is 607 g/mol. The van der Waals surface area contributed by atoms with Crippen LogP contribution in [0, 0.1) is 6.57 Å². The highest BCUT2D eigenvalue weighted by molar-refractivity contribution is 5.86. The number of aromatic nitrogens is 2. The van der Waals surface area contributed by atoms with Gasteiger partial charge < -0.3 is 0 Å². The molecular formula is C47H35N3. The van der Waals surface area contributed by atoms with Gasteiger partial charge in [0, 0.05) is 22.1 Å². The number of fused-ring (bicyclic) bond motifs is 5. The SMILES string of the molecule is [C-]#[N+]c1ccc2c(c1)C1(CCCCC1)c1cc(-c3ccc(-c4cccc(-c5cc(-c6ccccc6)nc(-c6ccccc6)n5)c4)cc3)ccc1-2. The van der Waals surface area contributed by atoms with Gasteiger partial charge in [-0.3, -0.25) is 0 Å². The number of benzene rings is 6. The number of hydrogen-bond acceptors (Lipinski definition) is 2. The van der Waals surface area contributed by atoms with Gasteiger partial charge in [0.15, 0.2) is 11.5 Å². The second kappa shape index (κ2) is 12.4. The van der Waals surface area contributed by atoms with Crippen LogP contribution in [0.25, 0.3) is 72.1 Å². The van der Waals surface area contributed by atoms with E-state index in [1.807, 2.05) is 42.5 Å². The quantitative estimate of drug-likeness (QED) is 0.175. The molecule has 1 saturated carbocycles. The average Bonchev–Trinajstić information content (AvgIpc) is 3.45. The fraction of sp³-hybridized carbons (Fsp3) is 0.128. The van der Waals surface area contributed by atoms with E-state index in [1.54, 1.807) is 0 Å². The van der Waals surface area contributed by atoms with Crippen molar-refractivity contribution in [3.05, 3.63) is 174 Å². The van der Waals surface area contributed by atoms with Gasteiger partial charge in [0.05, 0.1) is 18.0 Å². The van der Waals surface area contributed by atoms with Crippen LogP contribution in [0.4, 0.5) is 5.69 Å². The molecule has 0 aliphatic heterocycles. The molecule has 1 heterocycles. The molecule has 1 aromatic heterocycles. The van der Waals surface area contributed by atoms with Crippen molar-refractivity contribution >= 4 is 5.69 Å². The van der Waals surface area contributed by atoms with Crippen LogP contribution in [0.3, 0.4) is 0 Å². The molecule has 0 N–H and O–H groups in total. The van der Waals surface area contributed by atoms with Crippen LogP contribution in [-0.4, -0.2) is 9.97 Å². The van der Waals surface area contributed by atoms with E-state index in [0.717, 1.165) is 58.0 Å². The molecule has 0 atom stereocenters. The molecule has 3 heteroatoms. The Hall–Kier alpha value is -6.11. The summed E-state index contributed by atoms with van der Waals surface area (Å²) in [6.45, 7) is 7.65. The normalized spacial score (nSPS) is 14.1. The lowest BCUT2D eigenvalue weighted by Crippen LogP contribution is -2.28. The Labute approximate surface area is 293 Å². The molecule has 9 rings (SSSR count). The lowest BCUT2D eigenvalue weighted by Gasteiger charge is -2.36. The van der Waals surface area contributed by atoms with E-state index in [2.05, 4.69) is 114 Å². The van der Waals surface area contributed by atoms with E-state index in [9.17, 15) is 0 Å². The Balaban J connectivity index is 1.06. The molecule has 3 nitrogen and oxygen atoms in total. The van der Waals surface area contributed by atoms with Crippen molar-refractivity contribution in [2.24, 2.45) is 0 Å². The third-order valence-electron chi connectivity index (χ3n) is 10.7. The predicted molar refractivity (Wildman–Crippen MR) is 205 cm³/mol. The molecule has 0 saturated heterocycles. The summed E-state index contributed by atoms with van der Waals surface area (Å²) < 4.78 is 0. The van der Waals surface area contributed by atoms with E-state index in [4.69, 9.17) is 16.5 Å². The second-order valence-corrected chi connectivity index (χ2v) is 13.6. The molecule has 2 aliphatic carbocycles. The van der Waals surface area contributed by atoms with Crippen LogP contribution in [-0.2, 0) is 5.41 Å². The molecule has 0 unspecified atom stereocenters. The Morgan fingerprint density at radius 1 is 0.440 bits per heavy atom. The van der Waals surface area contributed by atoms with E-state index in [-0.39, 0.29) is 5.41 Å². The maximum atomic E-state index is 7.65. The molecule has 0 radical (unpaired) electrons. The zero-order valence-corrected chi connectivity index (χ0v) is 27.8. The maximum absolute atomic E-state index is 7.65. The maximum Gasteiger partial charge on any atom is 0.187 e. The van der Waals surface area contributed by atoms with Gasteiger partial charge in [0.2, 0.25) is 0 Å². The molecule has 2 aliphatic rings. The Bertz CT molecular complexity index is 2340. The molecule has 238 valence electrons. The van der Waals surface area contributed by atoms with Gasteiger partial charge in [0.1, 0.15) is 0 Å². The minimum atomic E-state index is 0.0156. The fourth-order valence-corrected chi connectivity index (χ4v) is 8.21. The summed E-state index contributed by atoms with van der Waals surface area (Å²) in [6, 6.07) is 53.6. The Morgan fingerprint density at radius 3 is 1.66 bits per heavy atom. The van der Waals surface area contributed by atoms with Crippen molar-refractivity contribution < 1.29 is 0 Å². The molecule has 0 amide bonds. The van der Waals surface area contributed by atoms with Crippen LogP contribution in [0.15, 0.2) is 152 Å². The average molecular weight is 642 g/mol. The van der Waals surface area contributed by atoms with Crippen LogP contribution in [0.1, 0.15) is 43.2 Å². The zero-order chi connectivity index (χ0) is 33.5. The lowest BCUT2D eigenvalue weighted by molar-refractivity contribution is 0.353. The fourth-order valence-electron chi connectivity index (χ4n) is 8.21. The number of hydrogen-bond donors (Lipinski definition) is 0. The summed E-state index contributed by atoms with van der Waals surface area (Å²) in [5.41, 5.74) is 15.9. The second-order valence-electron chi connectivity index (χ2n) is 13.6. The van der Waals surface area contributed by atoms with Gasteiger partial charge in [-0.05, 0) is 75.5 Å². The number of nitrogens with zero attached hydrogens (tertiary/aromatic N) is 3. The van der Waals surface area contributed by atoms with Gasteiger partial charge in [0.25, 0.3) is 0 Å². The monoisotopic (exact) mass is 641 g/mol. The van der Waals surface area contributed by atoms with Gasteiger partial charge in [-0.25, -0.2) is 14.8 Å². The third kappa shape index (κ3) is 5.21. The molecule has 1 spiro atoms. The highest BCUT2D eigenvalue weighted by atomic mass is 14.9. The summed E-state index contributed by atoms with van der Waals surface area (Å²) in [7, 11) is 0. The predicted octanol–water partition coefficient (Wildman–Crippen LogP) is 12.6. The summed E-state index contributed by atoms with van der Waals surface area (Å²) in [6.07, 6.45) is 6.06. The van der Waals surface area contributed by atoms with Crippen LogP contribution >= 0.6 is 0 Å². The van der Waals surface area contributed by atoms with Gasteiger partial charge >= 0.3 is 0 Å². The van der Waals surface area contributed by atoms with E-state index < -0.39 is 0 Å². The Kier molecular flexibility index (Phi) is 7.44. The first-order valence-electron chi connectivity index (χ1n) is 17.6. The number of rotatable bonds is 5. The largest absolute Gasteiger partial charge is 0.238 e. The first-order valence-corrected chi connectivity index (χ1v) is 17.6. The van der Waals surface area contributed by atoms with Crippen LogP contribution < -0.4 is 0 Å². The molecule has 0 bridgehead atoms. The minimum absolute atomic E-state index is 0.0156. The van der Waals surface area contributed by atoms with Gasteiger partial charge in [-0.15, -0.1) is 0 Å². The van der Waals surface area contributed by atoms with E-state index in [0.29, 0.717) is 0 Å². The minimum Gasteiger partial charge on any atom is -0.238 e. The van der Waals surface area contributed by atoms with Crippen molar-refractivity contribution in [3.63, 3.8) is 0 Å². The summed E-state index contributed by atoms with van der Waals surface area (Å²) in [4.78, 5) is 13.8. The third-order valence-corrected chi connectivity index (χ3v) is 10.7. The van der Waals surface area contributed by atoms with Crippen molar-refractivity contribution in [1.29, 1.82) is 0 Å². The topological polar surface area (TPSA) is 30.1 Å². The van der Waals surface area contributed by atoms with Crippen molar-refractivity contribution in [2.45, 2.75) is 37.5 Å². The highest BCUT2D eigenvalue weighted by Gasteiger charge is 2.43. The van der Waals surface area contributed by atoms with E-state index >= 15 is 0 Å².